The van der Waals surface area contributed by atoms with Crippen LogP contribution in [0.1, 0.15) is 5.76 Å². The summed E-state index contributed by atoms with van der Waals surface area (Å²) in [6, 6.07) is 3.14. The highest BCUT2D eigenvalue weighted by Crippen LogP contribution is 2.08. The number of carbonyl (C=O) groups is 2. The predicted octanol–water partition coefficient (Wildman–Crippen LogP) is 1.36. The van der Waals surface area contributed by atoms with Crippen molar-refractivity contribution in [2.45, 2.75) is 0 Å². The normalized spacial score (nSPS) is 18.8. The zero-order chi connectivity index (χ0) is 11.5. The van der Waals surface area contributed by atoms with Crippen molar-refractivity contribution in [1.29, 1.82) is 0 Å². The standard InChI is InChI=1S/C11H10N2O3/c1-13-10(14)9(12-11(13)15)6-2-4-8-5-3-7-16-8/h2-7H,1H3,(H,12,15)/b4-2+,9-6+. The number of furan rings is 1. The second-order valence-electron chi connectivity index (χ2n) is 3.25. The maximum atomic E-state index is 11.4. The number of likely N-dealkylation sites (N-methyl/N-ethyl adjacent to an activating group) is 1. The Bertz CT molecular complexity index is 471. The zero-order valence-corrected chi connectivity index (χ0v) is 8.64. The number of amides is 3. The van der Waals surface area contributed by atoms with Crippen LogP contribution in [0.2, 0.25) is 0 Å². The molecule has 1 fully saturated rings. The molecule has 0 saturated carbocycles. The summed E-state index contributed by atoms with van der Waals surface area (Å²) in [4.78, 5) is 23.5. The Labute approximate surface area is 92.0 Å². The van der Waals surface area contributed by atoms with Gasteiger partial charge < -0.3 is 9.73 Å². The Morgan fingerprint density at radius 2 is 2.25 bits per heavy atom. The van der Waals surface area contributed by atoms with Crippen molar-refractivity contribution in [3.05, 3.63) is 42.0 Å². The molecule has 1 aliphatic rings. The van der Waals surface area contributed by atoms with E-state index < -0.39 is 6.03 Å². The minimum Gasteiger partial charge on any atom is -0.465 e. The first-order valence-electron chi connectivity index (χ1n) is 4.69. The Balaban J connectivity index is 2.09. The molecule has 2 heterocycles. The SMILES string of the molecule is CN1C(=O)N/C(=C/C=C/c2ccco2)C1=O. The molecular weight excluding hydrogens is 208 g/mol. The van der Waals surface area contributed by atoms with Crippen LogP contribution < -0.4 is 5.32 Å². The molecule has 0 aromatic carbocycles. The third-order valence-electron chi connectivity index (χ3n) is 2.15. The monoisotopic (exact) mass is 218 g/mol. The Kier molecular flexibility index (Phi) is 2.59. The summed E-state index contributed by atoms with van der Waals surface area (Å²) in [5, 5.41) is 2.45. The molecule has 0 unspecified atom stereocenters. The maximum absolute atomic E-state index is 11.4. The minimum absolute atomic E-state index is 0.260. The average Bonchev–Trinajstić information content (AvgIpc) is 2.85. The topological polar surface area (TPSA) is 62.6 Å². The molecule has 16 heavy (non-hydrogen) atoms. The second-order valence-corrected chi connectivity index (χ2v) is 3.25. The summed E-state index contributed by atoms with van der Waals surface area (Å²) in [5.74, 6) is 0.344. The van der Waals surface area contributed by atoms with E-state index in [0.717, 1.165) is 4.90 Å². The van der Waals surface area contributed by atoms with Crippen LogP contribution in [0, 0.1) is 0 Å². The quantitative estimate of drug-likeness (QED) is 0.602. The van der Waals surface area contributed by atoms with Crippen molar-refractivity contribution >= 4 is 18.0 Å². The van der Waals surface area contributed by atoms with Crippen molar-refractivity contribution in [3.63, 3.8) is 0 Å². The van der Waals surface area contributed by atoms with Crippen molar-refractivity contribution in [2.75, 3.05) is 7.05 Å². The molecule has 0 atom stereocenters. The number of rotatable bonds is 2. The van der Waals surface area contributed by atoms with Gasteiger partial charge in [-0.1, -0.05) is 6.08 Å². The molecule has 0 aliphatic carbocycles. The summed E-state index contributed by atoms with van der Waals surface area (Å²) >= 11 is 0. The number of carbonyl (C=O) groups excluding carboxylic acids is 2. The molecule has 5 heteroatoms. The number of hydrogen-bond acceptors (Lipinski definition) is 3. The van der Waals surface area contributed by atoms with E-state index in [0.29, 0.717) is 5.76 Å². The summed E-state index contributed by atoms with van der Waals surface area (Å²) < 4.78 is 5.07. The molecular formula is C11H10N2O3. The van der Waals surface area contributed by atoms with Crippen LogP contribution in [0.4, 0.5) is 4.79 Å². The van der Waals surface area contributed by atoms with E-state index in [1.807, 2.05) is 0 Å². The Morgan fingerprint density at radius 1 is 1.44 bits per heavy atom. The number of nitrogens with zero attached hydrogens (tertiary/aromatic N) is 1. The maximum Gasteiger partial charge on any atom is 0.328 e. The van der Waals surface area contributed by atoms with Gasteiger partial charge >= 0.3 is 6.03 Å². The molecule has 2 rings (SSSR count). The van der Waals surface area contributed by atoms with Crippen LogP contribution in [-0.2, 0) is 4.79 Å². The number of imide groups is 1. The summed E-state index contributed by atoms with van der Waals surface area (Å²) in [7, 11) is 1.43. The van der Waals surface area contributed by atoms with Crippen molar-refractivity contribution < 1.29 is 14.0 Å². The lowest BCUT2D eigenvalue weighted by atomic mass is 10.3. The van der Waals surface area contributed by atoms with Gasteiger partial charge in [-0.2, -0.15) is 0 Å². The van der Waals surface area contributed by atoms with Gasteiger partial charge in [-0.3, -0.25) is 9.69 Å². The lowest BCUT2D eigenvalue weighted by Crippen LogP contribution is -2.25. The first-order chi connectivity index (χ1) is 7.68. The molecule has 82 valence electrons. The molecule has 1 aromatic heterocycles. The van der Waals surface area contributed by atoms with Gasteiger partial charge in [0.15, 0.2) is 0 Å². The number of hydrogen-bond donors (Lipinski definition) is 1. The molecule has 1 saturated heterocycles. The molecule has 0 bridgehead atoms. The third-order valence-corrected chi connectivity index (χ3v) is 2.15. The smallest absolute Gasteiger partial charge is 0.328 e. The lowest BCUT2D eigenvalue weighted by molar-refractivity contribution is -0.122. The number of nitrogens with one attached hydrogen (secondary N) is 1. The first kappa shape index (κ1) is 10.2. The van der Waals surface area contributed by atoms with Crippen LogP contribution in [-0.4, -0.2) is 23.9 Å². The van der Waals surface area contributed by atoms with Gasteiger partial charge in [0, 0.05) is 7.05 Å². The third kappa shape index (κ3) is 1.88. The van der Waals surface area contributed by atoms with Gasteiger partial charge in [-0.25, -0.2) is 4.79 Å². The van der Waals surface area contributed by atoms with E-state index in [9.17, 15) is 9.59 Å². The van der Waals surface area contributed by atoms with E-state index in [2.05, 4.69) is 5.32 Å². The van der Waals surface area contributed by atoms with Gasteiger partial charge in [-0.05, 0) is 24.3 Å². The highest BCUT2D eigenvalue weighted by Gasteiger charge is 2.29. The molecule has 1 N–H and O–H groups in total. The van der Waals surface area contributed by atoms with E-state index in [1.165, 1.54) is 13.1 Å². The van der Waals surface area contributed by atoms with Crippen LogP contribution in [0.15, 0.2) is 40.7 Å². The van der Waals surface area contributed by atoms with Gasteiger partial charge in [0.1, 0.15) is 11.5 Å². The van der Waals surface area contributed by atoms with E-state index >= 15 is 0 Å². The summed E-state index contributed by atoms with van der Waals surface area (Å²) in [6.07, 6.45) is 6.44. The van der Waals surface area contributed by atoms with Gasteiger partial charge in [-0.15, -0.1) is 0 Å². The molecule has 1 aromatic rings. The second kappa shape index (κ2) is 4.06. The molecule has 0 radical (unpaired) electrons. The lowest BCUT2D eigenvalue weighted by Gasteiger charge is -1.99. The van der Waals surface area contributed by atoms with Crippen LogP contribution >= 0.6 is 0 Å². The van der Waals surface area contributed by atoms with Crippen LogP contribution in [0.25, 0.3) is 6.08 Å². The highest BCUT2D eigenvalue weighted by molar-refractivity contribution is 6.11. The first-order valence-corrected chi connectivity index (χ1v) is 4.69. The fourth-order valence-electron chi connectivity index (χ4n) is 1.26. The van der Waals surface area contributed by atoms with Crippen molar-refractivity contribution in [3.8, 4) is 0 Å². The fraction of sp³-hybridized carbons (Fsp3) is 0.0909. The highest BCUT2D eigenvalue weighted by atomic mass is 16.3. The molecule has 5 nitrogen and oxygen atoms in total. The van der Waals surface area contributed by atoms with E-state index in [4.69, 9.17) is 4.42 Å². The van der Waals surface area contributed by atoms with Gasteiger partial charge in [0.05, 0.1) is 6.26 Å². The Morgan fingerprint density at radius 3 is 2.81 bits per heavy atom. The van der Waals surface area contributed by atoms with Crippen molar-refractivity contribution in [1.82, 2.24) is 10.2 Å². The Hall–Kier alpha value is -2.30. The molecule has 0 spiro atoms. The largest absolute Gasteiger partial charge is 0.465 e. The predicted molar refractivity (Wildman–Crippen MR) is 57.1 cm³/mol. The summed E-state index contributed by atoms with van der Waals surface area (Å²) in [5.41, 5.74) is 0.260. The minimum atomic E-state index is -0.414. The summed E-state index contributed by atoms with van der Waals surface area (Å²) in [6.45, 7) is 0. The number of urea groups is 1. The van der Waals surface area contributed by atoms with E-state index in [1.54, 1.807) is 30.5 Å². The molecule has 3 amide bonds. The fourth-order valence-corrected chi connectivity index (χ4v) is 1.26. The van der Waals surface area contributed by atoms with Crippen LogP contribution in [0.3, 0.4) is 0 Å². The van der Waals surface area contributed by atoms with Crippen LogP contribution in [0.5, 0.6) is 0 Å². The van der Waals surface area contributed by atoms with E-state index in [-0.39, 0.29) is 11.6 Å². The number of allylic oxidation sites excluding steroid dienone is 2. The van der Waals surface area contributed by atoms with Gasteiger partial charge in [0.25, 0.3) is 5.91 Å². The molecule has 1 aliphatic heterocycles. The average molecular weight is 218 g/mol. The zero-order valence-electron chi connectivity index (χ0n) is 8.64. The van der Waals surface area contributed by atoms with Gasteiger partial charge in [0.2, 0.25) is 0 Å². The van der Waals surface area contributed by atoms with Crippen molar-refractivity contribution in [2.24, 2.45) is 0 Å².